The van der Waals surface area contributed by atoms with Crippen molar-refractivity contribution in [3.63, 3.8) is 0 Å². The largest absolute Gasteiger partial charge is 0.497 e. The molecule has 4 rings (SSSR count). The van der Waals surface area contributed by atoms with Crippen LogP contribution in [0.25, 0.3) is 10.9 Å². The van der Waals surface area contributed by atoms with Gasteiger partial charge in [-0.15, -0.1) is 0 Å². The number of carbonyl (C=O) groups excluding carboxylic acids is 1. The van der Waals surface area contributed by atoms with E-state index >= 15 is 0 Å². The fourth-order valence-corrected chi connectivity index (χ4v) is 3.20. The molecule has 4 heteroatoms. The van der Waals surface area contributed by atoms with Crippen molar-refractivity contribution in [1.82, 2.24) is 4.98 Å². The molecule has 0 saturated heterocycles. The second kappa shape index (κ2) is 7.53. The highest BCUT2D eigenvalue weighted by atomic mass is 16.5. The van der Waals surface area contributed by atoms with Gasteiger partial charge >= 0.3 is 0 Å². The maximum absolute atomic E-state index is 13.5. The van der Waals surface area contributed by atoms with Gasteiger partial charge in [-0.1, -0.05) is 42.0 Å². The number of aromatic nitrogens is 1. The van der Waals surface area contributed by atoms with Crippen molar-refractivity contribution >= 4 is 28.2 Å². The van der Waals surface area contributed by atoms with Gasteiger partial charge in [0, 0.05) is 28.9 Å². The molecule has 0 fully saturated rings. The van der Waals surface area contributed by atoms with Crippen LogP contribution in [0.5, 0.6) is 5.75 Å². The summed E-state index contributed by atoms with van der Waals surface area (Å²) >= 11 is 0. The number of carbonyl (C=O) groups is 1. The SMILES string of the molecule is COc1cc(N(C(=O)c2ccccc2)c2ccc(C)cc2)c2ncccc2c1. The van der Waals surface area contributed by atoms with Crippen LogP contribution in [-0.4, -0.2) is 18.0 Å². The molecule has 0 unspecified atom stereocenters. The third-order valence-electron chi connectivity index (χ3n) is 4.65. The van der Waals surface area contributed by atoms with Gasteiger partial charge in [-0.05, 0) is 43.3 Å². The number of rotatable bonds is 4. The van der Waals surface area contributed by atoms with Crippen molar-refractivity contribution in [3.8, 4) is 5.75 Å². The minimum atomic E-state index is -0.121. The summed E-state index contributed by atoms with van der Waals surface area (Å²) in [5, 5.41) is 0.912. The van der Waals surface area contributed by atoms with Crippen LogP contribution in [0.4, 0.5) is 11.4 Å². The van der Waals surface area contributed by atoms with Gasteiger partial charge in [-0.25, -0.2) is 0 Å². The van der Waals surface area contributed by atoms with Crippen molar-refractivity contribution in [2.75, 3.05) is 12.0 Å². The summed E-state index contributed by atoms with van der Waals surface area (Å²) < 4.78 is 5.49. The number of hydrogen-bond acceptors (Lipinski definition) is 3. The molecule has 0 spiro atoms. The highest BCUT2D eigenvalue weighted by Crippen LogP contribution is 2.36. The van der Waals surface area contributed by atoms with Crippen LogP contribution in [-0.2, 0) is 0 Å². The average Bonchev–Trinajstić information content (AvgIpc) is 2.75. The molecule has 0 saturated carbocycles. The van der Waals surface area contributed by atoms with Crippen molar-refractivity contribution in [2.45, 2.75) is 6.92 Å². The Morgan fingerprint density at radius 3 is 2.39 bits per heavy atom. The van der Waals surface area contributed by atoms with Crippen molar-refractivity contribution < 1.29 is 9.53 Å². The van der Waals surface area contributed by atoms with Gasteiger partial charge in [0.25, 0.3) is 5.91 Å². The van der Waals surface area contributed by atoms with Gasteiger partial charge in [0.05, 0.1) is 18.3 Å². The first kappa shape index (κ1) is 17.7. The third kappa shape index (κ3) is 3.32. The lowest BCUT2D eigenvalue weighted by molar-refractivity contribution is 0.0999. The van der Waals surface area contributed by atoms with Crippen LogP contribution >= 0.6 is 0 Å². The Kier molecular flexibility index (Phi) is 4.77. The van der Waals surface area contributed by atoms with Crippen LogP contribution in [0.3, 0.4) is 0 Å². The van der Waals surface area contributed by atoms with Crippen LogP contribution in [0, 0.1) is 6.92 Å². The van der Waals surface area contributed by atoms with Crippen molar-refractivity contribution in [3.05, 3.63) is 96.2 Å². The number of methoxy groups -OCH3 is 1. The smallest absolute Gasteiger partial charge is 0.262 e. The molecule has 4 nitrogen and oxygen atoms in total. The second-order valence-corrected chi connectivity index (χ2v) is 6.56. The predicted molar refractivity (Wildman–Crippen MR) is 112 cm³/mol. The van der Waals surface area contributed by atoms with Crippen LogP contribution < -0.4 is 9.64 Å². The Labute approximate surface area is 164 Å². The number of nitrogens with zero attached hydrogens (tertiary/aromatic N) is 2. The van der Waals surface area contributed by atoms with Gasteiger partial charge in [0.15, 0.2) is 0 Å². The average molecular weight is 368 g/mol. The zero-order chi connectivity index (χ0) is 19.5. The summed E-state index contributed by atoms with van der Waals surface area (Å²) in [5.41, 5.74) is 3.94. The molecule has 0 atom stereocenters. The molecule has 0 aliphatic carbocycles. The molecule has 0 radical (unpaired) electrons. The Morgan fingerprint density at radius 2 is 1.68 bits per heavy atom. The third-order valence-corrected chi connectivity index (χ3v) is 4.65. The maximum Gasteiger partial charge on any atom is 0.262 e. The fourth-order valence-electron chi connectivity index (χ4n) is 3.20. The fraction of sp³-hybridized carbons (Fsp3) is 0.0833. The lowest BCUT2D eigenvalue weighted by Crippen LogP contribution is -2.26. The normalized spacial score (nSPS) is 10.6. The second-order valence-electron chi connectivity index (χ2n) is 6.56. The van der Waals surface area contributed by atoms with Crippen LogP contribution in [0.15, 0.2) is 85.1 Å². The monoisotopic (exact) mass is 368 g/mol. The number of anilines is 2. The first-order valence-electron chi connectivity index (χ1n) is 9.06. The quantitative estimate of drug-likeness (QED) is 0.476. The highest BCUT2D eigenvalue weighted by Gasteiger charge is 2.23. The zero-order valence-corrected chi connectivity index (χ0v) is 15.8. The van der Waals surface area contributed by atoms with E-state index in [0.717, 1.165) is 22.2 Å². The minimum absolute atomic E-state index is 0.121. The molecule has 3 aromatic carbocycles. The van der Waals surface area contributed by atoms with E-state index in [0.29, 0.717) is 17.0 Å². The molecule has 1 amide bonds. The van der Waals surface area contributed by atoms with E-state index in [1.807, 2.05) is 85.8 Å². The van der Waals surface area contributed by atoms with Crippen LogP contribution in [0.2, 0.25) is 0 Å². The van der Waals surface area contributed by atoms with Gasteiger partial charge < -0.3 is 4.74 Å². The van der Waals surface area contributed by atoms with Crippen molar-refractivity contribution in [1.29, 1.82) is 0 Å². The number of fused-ring (bicyclic) bond motifs is 1. The van der Waals surface area contributed by atoms with E-state index in [2.05, 4.69) is 4.98 Å². The molecule has 28 heavy (non-hydrogen) atoms. The van der Waals surface area contributed by atoms with E-state index in [1.54, 1.807) is 18.2 Å². The van der Waals surface area contributed by atoms with E-state index in [4.69, 9.17) is 4.74 Å². The zero-order valence-electron chi connectivity index (χ0n) is 15.8. The van der Waals surface area contributed by atoms with Gasteiger partial charge in [-0.3, -0.25) is 14.7 Å². The topological polar surface area (TPSA) is 42.4 Å². The highest BCUT2D eigenvalue weighted by molar-refractivity contribution is 6.14. The van der Waals surface area contributed by atoms with E-state index in [9.17, 15) is 4.79 Å². The molecule has 0 N–H and O–H groups in total. The summed E-state index contributed by atoms with van der Waals surface area (Å²) in [5.74, 6) is 0.554. The molecular formula is C24H20N2O2. The first-order valence-corrected chi connectivity index (χ1v) is 9.06. The number of pyridine rings is 1. The standard InChI is InChI=1S/C24H20N2O2/c1-17-10-12-20(13-11-17)26(24(27)18-7-4-3-5-8-18)22-16-21(28-2)15-19-9-6-14-25-23(19)22/h3-16H,1-2H3. The van der Waals surface area contributed by atoms with Crippen LogP contribution in [0.1, 0.15) is 15.9 Å². The summed E-state index contributed by atoms with van der Waals surface area (Å²) in [6.45, 7) is 2.02. The van der Waals surface area contributed by atoms with Gasteiger partial charge in [0.1, 0.15) is 5.75 Å². The number of ether oxygens (including phenoxy) is 1. The molecule has 4 aromatic rings. The Balaban J connectivity index is 1.97. The number of aryl methyl sites for hydroxylation is 1. The Morgan fingerprint density at radius 1 is 0.929 bits per heavy atom. The molecule has 0 aliphatic heterocycles. The Hall–Kier alpha value is -3.66. The molecule has 0 aliphatic rings. The number of amides is 1. The van der Waals surface area contributed by atoms with E-state index < -0.39 is 0 Å². The molecule has 0 bridgehead atoms. The molecule has 1 aromatic heterocycles. The van der Waals surface area contributed by atoms with Crippen molar-refractivity contribution in [2.24, 2.45) is 0 Å². The summed E-state index contributed by atoms with van der Waals surface area (Å²) in [4.78, 5) is 19.8. The molecular weight excluding hydrogens is 348 g/mol. The summed E-state index contributed by atoms with van der Waals surface area (Å²) in [6.07, 6.45) is 1.73. The summed E-state index contributed by atoms with van der Waals surface area (Å²) in [7, 11) is 1.62. The molecule has 138 valence electrons. The minimum Gasteiger partial charge on any atom is -0.497 e. The Bertz CT molecular complexity index is 1120. The predicted octanol–water partition coefficient (Wildman–Crippen LogP) is 5.53. The lowest BCUT2D eigenvalue weighted by Gasteiger charge is -2.25. The van der Waals surface area contributed by atoms with E-state index in [1.165, 1.54) is 0 Å². The molecule has 1 heterocycles. The maximum atomic E-state index is 13.5. The van der Waals surface area contributed by atoms with E-state index in [-0.39, 0.29) is 5.91 Å². The number of hydrogen-bond donors (Lipinski definition) is 0. The lowest BCUT2D eigenvalue weighted by atomic mass is 10.1. The number of benzene rings is 3. The first-order chi connectivity index (χ1) is 13.7. The summed E-state index contributed by atoms with van der Waals surface area (Å²) in [6, 6.07) is 24.8. The van der Waals surface area contributed by atoms with Gasteiger partial charge in [0.2, 0.25) is 0 Å². The van der Waals surface area contributed by atoms with Gasteiger partial charge in [-0.2, -0.15) is 0 Å².